The number of aliphatic hydroxyl groups is 1. The van der Waals surface area contributed by atoms with Crippen molar-refractivity contribution in [2.45, 2.75) is 4.90 Å². The van der Waals surface area contributed by atoms with Gasteiger partial charge in [0.2, 0.25) is 5.76 Å². The normalized spacial score (nSPS) is 10.5. The largest absolute Gasteiger partial charge is 0.449 e. The zero-order valence-corrected chi connectivity index (χ0v) is 9.44. The minimum atomic E-state index is -0.893. The standard InChI is InChI=1S/C11H8O5S/c12-5-15-11(14)10-4-8(13)7-2-1-6(17)3-9(7)16-10/h1-4,12,17H,5H2. The van der Waals surface area contributed by atoms with Gasteiger partial charge in [-0.25, -0.2) is 4.79 Å². The van der Waals surface area contributed by atoms with Crippen LogP contribution in [-0.4, -0.2) is 17.9 Å². The third kappa shape index (κ3) is 2.32. The number of ether oxygens (including phenoxy) is 1. The monoisotopic (exact) mass is 252 g/mol. The Balaban J connectivity index is 2.61. The van der Waals surface area contributed by atoms with Crippen LogP contribution in [-0.2, 0) is 4.74 Å². The van der Waals surface area contributed by atoms with Crippen molar-refractivity contribution in [3.63, 3.8) is 0 Å². The summed E-state index contributed by atoms with van der Waals surface area (Å²) in [7, 11) is 0. The Morgan fingerprint density at radius 1 is 1.41 bits per heavy atom. The minimum absolute atomic E-state index is 0.245. The predicted molar refractivity (Wildman–Crippen MR) is 62.2 cm³/mol. The number of carbonyl (C=O) groups is 1. The smallest absolute Gasteiger partial charge is 0.376 e. The van der Waals surface area contributed by atoms with Crippen molar-refractivity contribution in [1.29, 1.82) is 0 Å². The molecular formula is C11H8O5S. The van der Waals surface area contributed by atoms with Crippen molar-refractivity contribution in [1.82, 2.24) is 0 Å². The molecule has 0 radical (unpaired) electrons. The van der Waals surface area contributed by atoms with Gasteiger partial charge in [-0.1, -0.05) is 0 Å². The molecule has 0 amide bonds. The first-order chi connectivity index (χ1) is 8.11. The van der Waals surface area contributed by atoms with Gasteiger partial charge in [0, 0.05) is 11.0 Å². The Kier molecular flexibility index (Phi) is 3.16. The maximum absolute atomic E-state index is 11.7. The fraction of sp³-hybridized carbons (Fsp3) is 0.0909. The highest BCUT2D eigenvalue weighted by atomic mass is 32.1. The van der Waals surface area contributed by atoms with E-state index in [-0.39, 0.29) is 16.8 Å². The van der Waals surface area contributed by atoms with Crippen LogP contribution in [0.4, 0.5) is 0 Å². The molecule has 1 aromatic heterocycles. The lowest BCUT2D eigenvalue weighted by Gasteiger charge is -2.02. The molecule has 2 rings (SSSR count). The van der Waals surface area contributed by atoms with E-state index in [1.54, 1.807) is 12.1 Å². The number of rotatable bonds is 2. The molecule has 2 aromatic rings. The van der Waals surface area contributed by atoms with Crippen molar-refractivity contribution in [2.24, 2.45) is 0 Å². The van der Waals surface area contributed by atoms with Crippen molar-refractivity contribution < 1.29 is 19.1 Å². The molecule has 88 valence electrons. The van der Waals surface area contributed by atoms with Crippen LogP contribution in [0.1, 0.15) is 10.6 Å². The Bertz CT molecular complexity index is 631. The van der Waals surface area contributed by atoms with Gasteiger partial charge >= 0.3 is 5.97 Å². The first kappa shape index (κ1) is 11.7. The second kappa shape index (κ2) is 4.60. The molecule has 1 heterocycles. The second-order valence-corrected chi connectivity index (χ2v) is 3.73. The van der Waals surface area contributed by atoms with Crippen LogP contribution in [0.25, 0.3) is 11.0 Å². The maximum atomic E-state index is 11.7. The fourth-order valence-electron chi connectivity index (χ4n) is 1.37. The van der Waals surface area contributed by atoms with Crippen LogP contribution in [0, 0.1) is 0 Å². The van der Waals surface area contributed by atoms with E-state index in [9.17, 15) is 9.59 Å². The number of hydrogen-bond donors (Lipinski definition) is 2. The van der Waals surface area contributed by atoms with Gasteiger partial charge in [0.25, 0.3) is 0 Å². The van der Waals surface area contributed by atoms with Gasteiger partial charge in [0.1, 0.15) is 5.58 Å². The average molecular weight is 252 g/mol. The van der Waals surface area contributed by atoms with E-state index in [1.807, 2.05) is 0 Å². The fourth-order valence-corrected chi connectivity index (χ4v) is 1.57. The maximum Gasteiger partial charge on any atom is 0.376 e. The quantitative estimate of drug-likeness (QED) is 0.477. The molecule has 0 aliphatic rings. The summed E-state index contributed by atoms with van der Waals surface area (Å²) in [6.45, 7) is -0.771. The lowest BCUT2D eigenvalue weighted by molar-refractivity contribution is 0.00386. The number of carbonyl (C=O) groups excluding carboxylic acids is 1. The zero-order chi connectivity index (χ0) is 12.4. The van der Waals surface area contributed by atoms with E-state index >= 15 is 0 Å². The minimum Gasteiger partial charge on any atom is -0.449 e. The summed E-state index contributed by atoms with van der Waals surface area (Å²) < 4.78 is 9.53. The van der Waals surface area contributed by atoms with Crippen LogP contribution in [0.3, 0.4) is 0 Å². The lowest BCUT2D eigenvalue weighted by Crippen LogP contribution is -2.10. The highest BCUT2D eigenvalue weighted by Crippen LogP contribution is 2.17. The van der Waals surface area contributed by atoms with E-state index in [0.717, 1.165) is 6.07 Å². The molecule has 0 bridgehead atoms. The SMILES string of the molecule is O=C(OCO)c1cc(=O)c2ccc(S)cc2o1. The molecule has 6 heteroatoms. The van der Waals surface area contributed by atoms with Gasteiger partial charge in [-0.05, 0) is 18.2 Å². The van der Waals surface area contributed by atoms with Crippen molar-refractivity contribution in [3.05, 3.63) is 40.2 Å². The van der Waals surface area contributed by atoms with Gasteiger partial charge in [0.05, 0.1) is 5.39 Å². The first-order valence-corrected chi connectivity index (χ1v) is 5.11. The Morgan fingerprint density at radius 2 is 2.18 bits per heavy atom. The Morgan fingerprint density at radius 3 is 2.88 bits per heavy atom. The lowest BCUT2D eigenvalue weighted by atomic mass is 10.2. The van der Waals surface area contributed by atoms with Crippen LogP contribution >= 0.6 is 12.6 Å². The third-order valence-electron chi connectivity index (χ3n) is 2.11. The highest BCUT2D eigenvalue weighted by Gasteiger charge is 2.13. The van der Waals surface area contributed by atoms with E-state index in [0.29, 0.717) is 10.3 Å². The van der Waals surface area contributed by atoms with Crippen LogP contribution in [0.5, 0.6) is 0 Å². The molecule has 0 atom stereocenters. The van der Waals surface area contributed by atoms with Gasteiger partial charge < -0.3 is 14.3 Å². The summed E-state index contributed by atoms with van der Waals surface area (Å²) in [5, 5.41) is 8.80. The summed E-state index contributed by atoms with van der Waals surface area (Å²) in [5.74, 6) is -1.15. The topological polar surface area (TPSA) is 76.7 Å². The van der Waals surface area contributed by atoms with Gasteiger partial charge in [-0.15, -0.1) is 12.6 Å². The molecular weight excluding hydrogens is 244 g/mol. The number of aliphatic hydroxyl groups excluding tert-OH is 1. The Hall–Kier alpha value is -1.79. The second-order valence-electron chi connectivity index (χ2n) is 3.22. The van der Waals surface area contributed by atoms with Crippen LogP contribution in [0.2, 0.25) is 0 Å². The van der Waals surface area contributed by atoms with Crippen molar-refractivity contribution in [2.75, 3.05) is 6.79 Å². The molecule has 0 unspecified atom stereocenters. The molecule has 0 aliphatic carbocycles. The number of esters is 1. The van der Waals surface area contributed by atoms with Crippen molar-refractivity contribution >= 4 is 29.6 Å². The summed E-state index contributed by atoms with van der Waals surface area (Å²) in [6.07, 6.45) is 0. The van der Waals surface area contributed by atoms with Gasteiger partial charge in [-0.3, -0.25) is 4.79 Å². The summed E-state index contributed by atoms with van der Waals surface area (Å²) in [5.41, 5.74) is -0.112. The molecule has 0 saturated carbocycles. The molecule has 17 heavy (non-hydrogen) atoms. The summed E-state index contributed by atoms with van der Waals surface area (Å²) in [6, 6.07) is 5.76. The molecule has 0 spiro atoms. The number of fused-ring (bicyclic) bond motifs is 1. The van der Waals surface area contributed by atoms with Gasteiger partial charge in [-0.2, -0.15) is 0 Å². The Labute approximate surface area is 101 Å². The van der Waals surface area contributed by atoms with E-state index in [4.69, 9.17) is 9.52 Å². The highest BCUT2D eigenvalue weighted by molar-refractivity contribution is 7.80. The zero-order valence-electron chi connectivity index (χ0n) is 8.54. The summed E-state index contributed by atoms with van der Waals surface area (Å²) >= 11 is 4.10. The third-order valence-corrected chi connectivity index (χ3v) is 2.39. The number of benzene rings is 1. The summed E-state index contributed by atoms with van der Waals surface area (Å²) in [4.78, 5) is 23.6. The van der Waals surface area contributed by atoms with Gasteiger partial charge in [0.15, 0.2) is 12.2 Å². The predicted octanol–water partition coefficient (Wildman–Crippen LogP) is 1.19. The number of hydrogen-bond acceptors (Lipinski definition) is 6. The molecule has 0 aliphatic heterocycles. The average Bonchev–Trinajstić information content (AvgIpc) is 2.28. The van der Waals surface area contributed by atoms with Crippen LogP contribution in [0.15, 0.2) is 38.4 Å². The molecule has 1 N–H and O–H groups in total. The van der Waals surface area contributed by atoms with E-state index in [1.165, 1.54) is 6.07 Å². The van der Waals surface area contributed by atoms with E-state index in [2.05, 4.69) is 17.4 Å². The molecule has 5 nitrogen and oxygen atoms in total. The molecule has 0 fully saturated rings. The van der Waals surface area contributed by atoms with Crippen molar-refractivity contribution in [3.8, 4) is 0 Å². The van der Waals surface area contributed by atoms with E-state index < -0.39 is 12.8 Å². The molecule has 0 saturated heterocycles. The first-order valence-electron chi connectivity index (χ1n) is 4.66. The molecule has 1 aromatic carbocycles. The number of thiol groups is 1. The van der Waals surface area contributed by atoms with Crippen LogP contribution < -0.4 is 5.43 Å².